The van der Waals surface area contributed by atoms with Crippen LogP contribution in [0.25, 0.3) is 0 Å². The van der Waals surface area contributed by atoms with Crippen LogP contribution in [0.1, 0.15) is 25.7 Å². The highest BCUT2D eigenvalue weighted by Crippen LogP contribution is 1.98. The molecule has 0 aliphatic heterocycles. The van der Waals surface area contributed by atoms with Gasteiger partial charge in [0.1, 0.15) is 12.6 Å². The van der Waals surface area contributed by atoms with E-state index in [4.69, 9.17) is 5.73 Å². The van der Waals surface area contributed by atoms with Crippen molar-refractivity contribution in [3.8, 4) is 0 Å². The second-order valence-corrected chi connectivity index (χ2v) is 2.25. The minimum atomic E-state index is -0.341. The fourth-order valence-electron chi connectivity index (χ4n) is 0.676. The topological polar surface area (TPSA) is 60.2 Å². The van der Waals surface area contributed by atoms with Crippen molar-refractivity contribution in [3.63, 3.8) is 0 Å². The first kappa shape index (κ1) is 9.30. The van der Waals surface area contributed by atoms with Crippen LogP contribution >= 0.6 is 0 Å². The Hall–Kier alpha value is -0.700. The molecule has 3 nitrogen and oxygen atoms in total. The summed E-state index contributed by atoms with van der Waals surface area (Å²) in [5.74, 6) is 0. The fourth-order valence-corrected chi connectivity index (χ4v) is 0.676. The van der Waals surface area contributed by atoms with E-state index < -0.39 is 0 Å². The van der Waals surface area contributed by atoms with Crippen LogP contribution in [-0.2, 0) is 9.59 Å². The van der Waals surface area contributed by atoms with E-state index in [9.17, 15) is 9.59 Å². The normalized spacial score (nSPS) is 12.5. The van der Waals surface area contributed by atoms with Crippen molar-refractivity contribution >= 4 is 12.6 Å². The Morgan fingerprint density at radius 2 is 2.00 bits per heavy atom. The molecule has 0 rings (SSSR count). The summed E-state index contributed by atoms with van der Waals surface area (Å²) in [6.07, 6.45) is 4.58. The summed E-state index contributed by atoms with van der Waals surface area (Å²) in [4.78, 5) is 19.8. The number of carbonyl (C=O) groups excluding carboxylic acids is 2. The molecule has 0 saturated heterocycles. The lowest BCUT2D eigenvalue weighted by Crippen LogP contribution is -2.20. The molecule has 0 aliphatic carbocycles. The predicted molar refractivity (Wildman–Crippen MR) is 38.6 cm³/mol. The highest BCUT2D eigenvalue weighted by molar-refractivity contribution is 5.56. The average molecular weight is 143 g/mol. The molecule has 0 aromatic heterocycles. The second kappa shape index (κ2) is 6.42. The van der Waals surface area contributed by atoms with Gasteiger partial charge in [0.15, 0.2) is 0 Å². The van der Waals surface area contributed by atoms with Gasteiger partial charge in [0.05, 0.1) is 6.04 Å². The summed E-state index contributed by atoms with van der Waals surface area (Å²) >= 11 is 0. The lowest BCUT2D eigenvalue weighted by atomic mass is 10.1. The van der Waals surface area contributed by atoms with Gasteiger partial charge in [0, 0.05) is 6.42 Å². The van der Waals surface area contributed by atoms with E-state index in [1.54, 1.807) is 0 Å². The van der Waals surface area contributed by atoms with Crippen molar-refractivity contribution in [1.82, 2.24) is 0 Å². The van der Waals surface area contributed by atoms with Gasteiger partial charge in [0.2, 0.25) is 0 Å². The van der Waals surface area contributed by atoms with Crippen LogP contribution in [-0.4, -0.2) is 18.6 Å². The van der Waals surface area contributed by atoms with Crippen molar-refractivity contribution in [2.45, 2.75) is 31.7 Å². The third kappa shape index (κ3) is 5.44. The number of hydrogen-bond donors (Lipinski definition) is 1. The average Bonchev–Trinajstić information content (AvgIpc) is 1.98. The molecule has 0 aromatic carbocycles. The van der Waals surface area contributed by atoms with Crippen LogP contribution in [0.4, 0.5) is 0 Å². The quantitative estimate of drug-likeness (QED) is 0.429. The SMILES string of the molecule is N[C@H](C=O)CCCCC=O. The Morgan fingerprint density at radius 3 is 2.50 bits per heavy atom. The summed E-state index contributed by atoms with van der Waals surface area (Å²) in [5.41, 5.74) is 5.30. The van der Waals surface area contributed by atoms with Crippen molar-refractivity contribution in [2.75, 3.05) is 0 Å². The van der Waals surface area contributed by atoms with E-state index in [0.717, 1.165) is 25.4 Å². The molecule has 3 heteroatoms. The molecule has 0 aromatic rings. The van der Waals surface area contributed by atoms with Gasteiger partial charge in [-0.2, -0.15) is 0 Å². The van der Waals surface area contributed by atoms with Gasteiger partial charge in [-0.1, -0.05) is 6.42 Å². The molecule has 0 amide bonds. The maximum Gasteiger partial charge on any atom is 0.136 e. The highest BCUT2D eigenvalue weighted by atomic mass is 16.1. The first-order chi connectivity index (χ1) is 4.81. The molecule has 0 heterocycles. The number of carbonyl (C=O) groups is 2. The highest BCUT2D eigenvalue weighted by Gasteiger charge is 1.97. The molecule has 0 fully saturated rings. The standard InChI is InChI=1S/C7H13NO2/c8-7(6-10)4-2-1-3-5-9/h5-7H,1-4,8H2/t7-/m0/s1. The zero-order valence-corrected chi connectivity index (χ0v) is 5.95. The number of nitrogens with two attached hydrogens (primary N) is 1. The number of rotatable bonds is 6. The maximum absolute atomic E-state index is 9.97. The summed E-state index contributed by atoms with van der Waals surface area (Å²) < 4.78 is 0. The molecule has 0 spiro atoms. The van der Waals surface area contributed by atoms with Crippen LogP contribution in [0.3, 0.4) is 0 Å². The summed E-state index contributed by atoms with van der Waals surface area (Å²) in [6, 6.07) is -0.341. The molecular weight excluding hydrogens is 130 g/mol. The maximum atomic E-state index is 9.97. The van der Waals surface area contributed by atoms with Crippen LogP contribution < -0.4 is 5.73 Å². The lowest BCUT2D eigenvalue weighted by molar-refractivity contribution is -0.109. The Morgan fingerprint density at radius 1 is 1.30 bits per heavy atom. The van der Waals surface area contributed by atoms with E-state index in [1.807, 2.05) is 0 Å². The van der Waals surface area contributed by atoms with Gasteiger partial charge < -0.3 is 15.3 Å². The molecule has 10 heavy (non-hydrogen) atoms. The fraction of sp³-hybridized carbons (Fsp3) is 0.714. The molecular formula is C7H13NO2. The van der Waals surface area contributed by atoms with E-state index >= 15 is 0 Å². The first-order valence-corrected chi connectivity index (χ1v) is 3.45. The Balaban J connectivity index is 3.02. The minimum absolute atomic E-state index is 0.341. The molecule has 0 radical (unpaired) electrons. The smallest absolute Gasteiger partial charge is 0.136 e. The molecule has 58 valence electrons. The van der Waals surface area contributed by atoms with Crippen LogP contribution in [0.15, 0.2) is 0 Å². The van der Waals surface area contributed by atoms with E-state index in [1.165, 1.54) is 0 Å². The van der Waals surface area contributed by atoms with E-state index in [-0.39, 0.29) is 6.04 Å². The molecule has 1 atom stereocenters. The van der Waals surface area contributed by atoms with Gasteiger partial charge in [-0.15, -0.1) is 0 Å². The summed E-state index contributed by atoms with van der Waals surface area (Å²) in [6.45, 7) is 0. The van der Waals surface area contributed by atoms with E-state index in [2.05, 4.69) is 0 Å². The Bertz CT molecular complexity index is 104. The van der Waals surface area contributed by atoms with Gasteiger partial charge in [0.25, 0.3) is 0 Å². The Kier molecular flexibility index (Phi) is 5.97. The molecule has 2 N–H and O–H groups in total. The van der Waals surface area contributed by atoms with Crippen molar-refractivity contribution in [1.29, 1.82) is 0 Å². The molecule has 0 bridgehead atoms. The van der Waals surface area contributed by atoms with Crippen molar-refractivity contribution in [2.24, 2.45) is 5.73 Å². The van der Waals surface area contributed by atoms with Gasteiger partial charge in [-0.25, -0.2) is 0 Å². The van der Waals surface area contributed by atoms with E-state index in [0.29, 0.717) is 12.8 Å². The van der Waals surface area contributed by atoms with Gasteiger partial charge >= 0.3 is 0 Å². The predicted octanol–water partition coefficient (Wildman–Crippen LogP) is 0.272. The summed E-state index contributed by atoms with van der Waals surface area (Å²) in [5, 5.41) is 0. The van der Waals surface area contributed by atoms with Crippen LogP contribution in [0.5, 0.6) is 0 Å². The number of hydrogen-bond acceptors (Lipinski definition) is 3. The monoisotopic (exact) mass is 143 g/mol. The summed E-state index contributed by atoms with van der Waals surface area (Å²) in [7, 11) is 0. The van der Waals surface area contributed by atoms with Crippen molar-refractivity contribution in [3.05, 3.63) is 0 Å². The largest absolute Gasteiger partial charge is 0.322 e. The number of aldehydes is 2. The van der Waals surface area contributed by atoms with Crippen LogP contribution in [0.2, 0.25) is 0 Å². The van der Waals surface area contributed by atoms with Crippen molar-refractivity contribution < 1.29 is 9.59 Å². The third-order valence-corrected chi connectivity index (χ3v) is 1.28. The van der Waals surface area contributed by atoms with Crippen LogP contribution in [0, 0.1) is 0 Å². The first-order valence-electron chi connectivity index (χ1n) is 3.45. The second-order valence-electron chi connectivity index (χ2n) is 2.25. The third-order valence-electron chi connectivity index (χ3n) is 1.28. The number of unbranched alkanes of at least 4 members (excludes halogenated alkanes) is 2. The molecule has 0 unspecified atom stereocenters. The zero-order valence-electron chi connectivity index (χ0n) is 5.95. The van der Waals surface area contributed by atoms with Gasteiger partial charge in [-0.05, 0) is 12.8 Å². The minimum Gasteiger partial charge on any atom is -0.322 e. The Labute approximate surface area is 60.6 Å². The van der Waals surface area contributed by atoms with Gasteiger partial charge in [-0.3, -0.25) is 0 Å². The lowest BCUT2D eigenvalue weighted by Gasteiger charge is -1.99. The molecule has 0 aliphatic rings. The zero-order chi connectivity index (χ0) is 7.82. The molecule has 0 saturated carbocycles.